The first-order valence-corrected chi connectivity index (χ1v) is 14.7. The molecule has 2 amide bonds. The number of halogens is 1. The summed E-state index contributed by atoms with van der Waals surface area (Å²) in [6, 6.07) is 6.03. The standard InChI is InChI=1S/C31H41ClN2O6/c1-4-7-8-11-21-39-29(38)25-24-27(36)34(19-9-10-20-35)26(31(24)17-16-30(25,6-3)40-31)28(37)33(18-5-2)23-14-12-22(32)13-15-23/h4-5,12-15,24-26,35H,1-2,6-11,16-21H2,3H3/t24-,25-,26?,30+,31?/m0/s1. The van der Waals surface area contributed by atoms with E-state index in [9.17, 15) is 19.5 Å². The number of hydrogen-bond acceptors (Lipinski definition) is 6. The van der Waals surface area contributed by atoms with Gasteiger partial charge in [-0.2, -0.15) is 0 Å². The summed E-state index contributed by atoms with van der Waals surface area (Å²) in [4.78, 5) is 45.4. The minimum atomic E-state index is -1.14. The number of hydrogen-bond donors (Lipinski definition) is 1. The third-order valence-corrected chi connectivity index (χ3v) is 8.99. The van der Waals surface area contributed by atoms with Crippen molar-refractivity contribution in [2.24, 2.45) is 11.8 Å². The highest BCUT2D eigenvalue weighted by molar-refractivity contribution is 6.30. The summed E-state index contributed by atoms with van der Waals surface area (Å²) < 4.78 is 12.5. The fourth-order valence-electron chi connectivity index (χ4n) is 6.86. The molecule has 1 aromatic rings. The van der Waals surface area contributed by atoms with E-state index in [-0.39, 0.29) is 38.1 Å². The molecule has 3 aliphatic heterocycles. The number of fused-ring (bicyclic) bond motifs is 1. The van der Waals surface area contributed by atoms with Crippen molar-refractivity contribution in [3.05, 3.63) is 54.6 Å². The lowest BCUT2D eigenvalue weighted by molar-refractivity contribution is -0.161. The molecule has 9 heteroatoms. The van der Waals surface area contributed by atoms with E-state index in [1.807, 2.05) is 13.0 Å². The Hall–Kier alpha value is -2.68. The number of rotatable bonds is 15. The number of benzene rings is 1. The Morgan fingerprint density at radius 3 is 2.58 bits per heavy atom. The van der Waals surface area contributed by atoms with Crippen LogP contribution in [0.15, 0.2) is 49.6 Å². The molecule has 3 heterocycles. The second-order valence-corrected chi connectivity index (χ2v) is 11.4. The van der Waals surface area contributed by atoms with Gasteiger partial charge in [0.15, 0.2) is 0 Å². The van der Waals surface area contributed by atoms with Crippen LogP contribution in [0.1, 0.15) is 58.3 Å². The number of carbonyl (C=O) groups excluding carboxylic acids is 3. The molecular weight excluding hydrogens is 532 g/mol. The topological polar surface area (TPSA) is 96.4 Å². The molecule has 218 valence electrons. The lowest BCUT2D eigenvalue weighted by Crippen LogP contribution is -2.56. The first kappa shape index (κ1) is 30.3. The van der Waals surface area contributed by atoms with E-state index in [1.165, 1.54) is 0 Å². The quantitative estimate of drug-likeness (QED) is 0.186. The Kier molecular flexibility index (Phi) is 9.75. The van der Waals surface area contributed by atoms with Crippen molar-refractivity contribution in [1.29, 1.82) is 0 Å². The molecule has 1 spiro atoms. The van der Waals surface area contributed by atoms with E-state index in [4.69, 9.17) is 21.1 Å². The second-order valence-electron chi connectivity index (χ2n) is 11.0. The van der Waals surface area contributed by atoms with Gasteiger partial charge < -0.3 is 24.4 Å². The summed E-state index contributed by atoms with van der Waals surface area (Å²) in [6.07, 6.45) is 8.50. The molecule has 8 nitrogen and oxygen atoms in total. The molecule has 2 unspecified atom stereocenters. The van der Waals surface area contributed by atoms with Gasteiger partial charge in [0.1, 0.15) is 17.6 Å². The zero-order valence-corrected chi connectivity index (χ0v) is 24.1. The Morgan fingerprint density at radius 1 is 1.18 bits per heavy atom. The van der Waals surface area contributed by atoms with Crippen LogP contribution in [0.5, 0.6) is 0 Å². The zero-order valence-electron chi connectivity index (χ0n) is 23.4. The van der Waals surface area contributed by atoms with Crippen LogP contribution in [0, 0.1) is 11.8 Å². The van der Waals surface area contributed by atoms with Crippen LogP contribution >= 0.6 is 11.6 Å². The molecule has 1 N–H and O–H groups in total. The predicted octanol–water partition coefficient (Wildman–Crippen LogP) is 4.69. The number of unbranched alkanes of at least 4 members (excludes halogenated alkanes) is 3. The van der Waals surface area contributed by atoms with Crippen LogP contribution < -0.4 is 4.90 Å². The third kappa shape index (κ3) is 5.33. The van der Waals surface area contributed by atoms with Crippen molar-refractivity contribution in [2.75, 3.05) is 31.2 Å². The number of ether oxygens (including phenoxy) is 2. The van der Waals surface area contributed by atoms with E-state index in [1.54, 1.807) is 40.1 Å². The Balaban J connectivity index is 1.71. The van der Waals surface area contributed by atoms with Crippen molar-refractivity contribution >= 4 is 35.1 Å². The Labute approximate surface area is 241 Å². The van der Waals surface area contributed by atoms with Gasteiger partial charge in [-0.1, -0.05) is 30.7 Å². The summed E-state index contributed by atoms with van der Waals surface area (Å²) in [7, 11) is 0. The number of aliphatic hydroxyl groups is 1. The summed E-state index contributed by atoms with van der Waals surface area (Å²) in [5.41, 5.74) is -1.36. The molecule has 3 aliphatic rings. The molecule has 0 aliphatic carbocycles. The lowest BCUT2D eigenvalue weighted by Gasteiger charge is -2.37. The van der Waals surface area contributed by atoms with Crippen LogP contribution in [0.3, 0.4) is 0 Å². The number of aliphatic hydroxyl groups excluding tert-OH is 1. The number of likely N-dealkylation sites (tertiary alicyclic amines) is 1. The van der Waals surface area contributed by atoms with E-state index in [0.717, 1.165) is 12.8 Å². The van der Waals surface area contributed by atoms with Crippen LogP contribution in [-0.2, 0) is 23.9 Å². The van der Waals surface area contributed by atoms with E-state index < -0.39 is 35.0 Å². The SMILES string of the molecule is C=CCCCCOC(=O)[C@@H]1[C@H]2C(=O)N(CCCCO)C(C(=O)N(CC=C)c3ccc(Cl)cc3)C23CC[C@@]1(CC)O3. The van der Waals surface area contributed by atoms with Crippen molar-refractivity contribution in [3.63, 3.8) is 0 Å². The van der Waals surface area contributed by atoms with E-state index >= 15 is 0 Å². The van der Waals surface area contributed by atoms with E-state index in [2.05, 4.69) is 13.2 Å². The summed E-state index contributed by atoms with van der Waals surface area (Å²) in [5, 5.41) is 9.95. The minimum absolute atomic E-state index is 0.0151. The Morgan fingerprint density at radius 2 is 1.93 bits per heavy atom. The van der Waals surface area contributed by atoms with Crippen molar-refractivity contribution < 1.29 is 29.0 Å². The summed E-state index contributed by atoms with van der Waals surface area (Å²) in [6.45, 7) is 10.3. The zero-order chi connectivity index (χ0) is 28.9. The summed E-state index contributed by atoms with van der Waals surface area (Å²) >= 11 is 6.11. The fourth-order valence-corrected chi connectivity index (χ4v) is 6.99. The van der Waals surface area contributed by atoms with E-state index in [0.29, 0.717) is 49.2 Å². The summed E-state index contributed by atoms with van der Waals surface area (Å²) in [5.74, 6) is -2.55. The van der Waals surface area contributed by atoms with Gasteiger partial charge in [-0.15, -0.1) is 13.2 Å². The number of esters is 1. The van der Waals surface area contributed by atoms with Gasteiger partial charge in [-0.3, -0.25) is 14.4 Å². The van der Waals surface area contributed by atoms with Crippen molar-refractivity contribution in [1.82, 2.24) is 4.90 Å². The molecule has 2 bridgehead atoms. The molecule has 0 aromatic heterocycles. The van der Waals surface area contributed by atoms with Gasteiger partial charge in [0, 0.05) is 30.4 Å². The van der Waals surface area contributed by atoms with Gasteiger partial charge >= 0.3 is 5.97 Å². The van der Waals surface area contributed by atoms with Gasteiger partial charge in [-0.25, -0.2) is 0 Å². The smallest absolute Gasteiger partial charge is 0.312 e. The molecule has 0 radical (unpaired) electrons. The monoisotopic (exact) mass is 572 g/mol. The largest absolute Gasteiger partial charge is 0.465 e. The number of anilines is 1. The highest BCUT2D eigenvalue weighted by Gasteiger charge is 2.79. The molecule has 40 heavy (non-hydrogen) atoms. The van der Waals surface area contributed by atoms with Crippen LogP contribution in [0.4, 0.5) is 5.69 Å². The molecule has 3 fully saturated rings. The number of nitrogens with zero attached hydrogens (tertiary/aromatic N) is 2. The van der Waals surface area contributed by atoms with Crippen LogP contribution in [0.25, 0.3) is 0 Å². The van der Waals surface area contributed by atoms with Gasteiger partial charge in [0.05, 0.1) is 18.1 Å². The predicted molar refractivity (Wildman–Crippen MR) is 154 cm³/mol. The van der Waals surface area contributed by atoms with Gasteiger partial charge in [0.2, 0.25) is 5.91 Å². The minimum Gasteiger partial charge on any atom is -0.465 e. The maximum absolute atomic E-state index is 14.5. The van der Waals surface area contributed by atoms with Gasteiger partial charge in [-0.05, 0) is 75.6 Å². The van der Waals surface area contributed by atoms with Gasteiger partial charge in [0.25, 0.3) is 5.91 Å². The normalized spacial score (nSPS) is 28.4. The highest BCUT2D eigenvalue weighted by Crippen LogP contribution is 2.64. The molecular formula is C31H41ClN2O6. The first-order chi connectivity index (χ1) is 19.3. The second kappa shape index (κ2) is 12.9. The fraction of sp³-hybridized carbons (Fsp3) is 0.581. The molecule has 4 rings (SSSR count). The van der Waals surface area contributed by atoms with Crippen molar-refractivity contribution in [3.8, 4) is 0 Å². The van der Waals surface area contributed by atoms with Crippen LogP contribution in [-0.4, -0.2) is 71.3 Å². The first-order valence-electron chi connectivity index (χ1n) is 14.4. The third-order valence-electron chi connectivity index (χ3n) is 8.74. The molecule has 1 aromatic carbocycles. The molecule has 3 saturated heterocycles. The average Bonchev–Trinajstić information content (AvgIpc) is 3.55. The maximum Gasteiger partial charge on any atom is 0.312 e. The average molecular weight is 573 g/mol. The number of allylic oxidation sites excluding steroid dienone is 1. The highest BCUT2D eigenvalue weighted by atomic mass is 35.5. The van der Waals surface area contributed by atoms with Crippen LogP contribution in [0.2, 0.25) is 5.02 Å². The lowest BCUT2D eigenvalue weighted by atomic mass is 9.65. The number of amides is 2. The molecule has 0 saturated carbocycles. The maximum atomic E-state index is 14.5. The number of carbonyl (C=O) groups is 3. The van der Waals surface area contributed by atoms with Crippen molar-refractivity contribution in [2.45, 2.75) is 75.5 Å². The molecule has 5 atom stereocenters. The Bertz CT molecular complexity index is 1110.